The Kier molecular flexibility index (Phi) is 4.39. The Morgan fingerprint density at radius 3 is 2.89 bits per heavy atom. The summed E-state index contributed by atoms with van der Waals surface area (Å²) < 4.78 is 1.90. The maximum Gasteiger partial charge on any atom is 0.0766 e. The molecule has 96 valence electrons. The smallest absolute Gasteiger partial charge is 0.0766 e. The van der Waals surface area contributed by atoms with E-state index in [2.05, 4.69) is 17.3 Å². The molecule has 0 saturated carbocycles. The fraction of sp³-hybridized carbons (Fsp3) is 0.357. The highest BCUT2D eigenvalue weighted by molar-refractivity contribution is 6.30. The van der Waals surface area contributed by atoms with Gasteiger partial charge in [0.05, 0.1) is 11.4 Å². The van der Waals surface area contributed by atoms with E-state index in [1.54, 1.807) is 0 Å². The largest absolute Gasteiger partial charge is 0.311 e. The maximum atomic E-state index is 5.95. The van der Waals surface area contributed by atoms with E-state index in [0.29, 0.717) is 0 Å². The van der Waals surface area contributed by atoms with Crippen LogP contribution in [0.2, 0.25) is 5.02 Å². The van der Waals surface area contributed by atoms with E-state index >= 15 is 0 Å². The number of benzene rings is 1. The van der Waals surface area contributed by atoms with Gasteiger partial charge in [0.25, 0.3) is 0 Å². The van der Waals surface area contributed by atoms with E-state index in [4.69, 9.17) is 11.6 Å². The summed E-state index contributed by atoms with van der Waals surface area (Å²) in [4.78, 5) is 0. The van der Waals surface area contributed by atoms with E-state index < -0.39 is 0 Å². The zero-order chi connectivity index (χ0) is 13.0. The maximum absolute atomic E-state index is 5.95. The Morgan fingerprint density at radius 2 is 2.17 bits per heavy atom. The third-order valence-corrected chi connectivity index (χ3v) is 3.02. The number of nitrogens with one attached hydrogen (secondary N) is 1. The summed E-state index contributed by atoms with van der Waals surface area (Å²) in [7, 11) is 0. The van der Waals surface area contributed by atoms with E-state index in [1.807, 2.05) is 42.1 Å². The molecular weight excluding hydrogens is 246 g/mol. The first-order chi connectivity index (χ1) is 8.70. The quantitative estimate of drug-likeness (QED) is 0.839. The molecule has 0 unspecified atom stereocenters. The van der Waals surface area contributed by atoms with Gasteiger partial charge in [0.15, 0.2) is 0 Å². The summed E-state index contributed by atoms with van der Waals surface area (Å²) in [6, 6.07) is 7.87. The highest BCUT2D eigenvalue weighted by Gasteiger charge is 2.04. The van der Waals surface area contributed by atoms with E-state index in [0.717, 1.165) is 41.5 Å². The van der Waals surface area contributed by atoms with Crippen molar-refractivity contribution >= 4 is 11.6 Å². The first-order valence-electron chi connectivity index (χ1n) is 6.22. The van der Waals surface area contributed by atoms with Crippen molar-refractivity contribution in [2.45, 2.75) is 26.8 Å². The normalized spacial score (nSPS) is 10.8. The molecule has 0 amide bonds. The summed E-state index contributed by atoms with van der Waals surface area (Å²) in [5, 5.41) is 8.65. The van der Waals surface area contributed by atoms with E-state index in [1.165, 1.54) is 0 Å². The van der Waals surface area contributed by atoms with Gasteiger partial charge in [-0.05, 0) is 49.7 Å². The van der Waals surface area contributed by atoms with Crippen molar-refractivity contribution in [1.29, 1.82) is 0 Å². The van der Waals surface area contributed by atoms with Crippen LogP contribution < -0.4 is 5.32 Å². The Hall–Kier alpha value is -1.32. The van der Waals surface area contributed by atoms with E-state index in [9.17, 15) is 0 Å². The lowest BCUT2D eigenvalue weighted by molar-refractivity contribution is 0.656. The zero-order valence-electron chi connectivity index (χ0n) is 10.8. The van der Waals surface area contributed by atoms with Gasteiger partial charge in [-0.3, -0.25) is 0 Å². The van der Waals surface area contributed by atoms with Gasteiger partial charge in [-0.25, -0.2) is 4.68 Å². The molecule has 2 rings (SSSR count). The lowest BCUT2D eigenvalue weighted by atomic mass is 10.2. The van der Waals surface area contributed by atoms with Gasteiger partial charge < -0.3 is 5.32 Å². The zero-order valence-corrected chi connectivity index (χ0v) is 11.5. The Bertz CT molecular complexity index is 520. The predicted molar refractivity (Wildman–Crippen MR) is 75.3 cm³/mol. The molecule has 1 aromatic heterocycles. The van der Waals surface area contributed by atoms with Gasteiger partial charge in [-0.15, -0.1) is 0 Å². The summed E-state index contributed by atoms with van der Waals surface area (Å²) in [5.74, 6) is 0. The summed E-state index contributed by atoms with van der Waals surface area (Å²) in [6.45, 7) is 6.03. The second-order valence-electron chi connectivity index (χ2n) is 4.36. The minimum Gasteiger partial charge on any atom is -0.311 e. The lowest BCUT2D eigenvalue weighted by Crippen LogP contribution is -2.14. The molecule has 0 saturated heterocycles. The number of rotatable bonds is 5. The number of aryl methyl sites for hydroxylation is 1. The minimum absolute atomic E-state index is 0.758. The molecule has 0 aliphatic rings. The van der Waals surface area contributed by atoms with Crippen molar-refractivity contribution in [2.75, 3.05) is 6.54 Å². The van der Waals surface area contributed by atoms with Crippen LogP contribution in [-0.4, -0.2) is 16.3 Å². The number of hydrogen-bond acceptors (Lipinski definition) is 2. The molecule has 0 aliphatic carbocycles. The van der Waals surface area contributed by atoms with Gasteiger partial charge in [0, 0.05) is 17.8 Å². The molecule has 0 spiro atoms. The van der Waals surface area contributed by atoms with Crippen molar-refractivity contribution in [3.05, 3.63) is 46.7 Å². The van der Waals surface area contributed by atoms with Crippen LogP contribution in [0.25, 0.3) is 5.69 Å². The molecule has 1 aromatic carbocycles. The fourth-order valence-electron chi connectivity index (χ4n) is 1.86. The molecule has 0 atom stereocenters. The Labute approximate surface area is 113 Å². The molecule has 0 bridgehead atoms. The van der Waals surface area contributed by atoms with Crippen LogP contribution in [-0.2, 0) is 6.54 Å². The van der Waals surface area contributed by atoms with Crippen LogP contribution in [0.1, 0.15) is 24.6 Å². The molecule has 3 nitrogen and oxygen atoms in total. The molecule has 1 N–H and O–H groups in total. The van der Waals surface area contributed by atoms with Crippen molar-refractivity contribution in [3.63, 3.8) is 0 Å². The first kappa shape index (κ1) is 13.1. The van der Waals surface area contributed by atoms with Gasteiger partial charge >= 0.3 is 0 Å². The highest BCUT2D eigenvalue weighted by Crippen LogP contribution is 2.18. The third kappa shape index (κ3) is 3.12. The van der Waals surface area contributed by atoms with Crippen LogP contribution in [0.5, 0.6) is 0 Å². The third-order valence-electron chi connectivity index (χ3n) is 2.78. The van der Waals surface area contributed by atoms with Gasteiger partial charge in [0.1, 0.15) is 0 Å². The SMILES string of the molecule is CCCNCc1ccn(-c2ccc(Cl)cc2C)n1. The molecule has 18 heavy (non-hydrogen) atoms. The summed E-state index contributed by atoms with van der Waals surface area (Å²) in [6.07, 6.45) is 3.12. The Balaban J connectivity index is 2.13. The van der Waals surface area contributed by atoms with Crippen LogP contribution in [0.15, 0.2) is 30.5 Å². The van der Waals surface area contributed by atoms with Crippen molar-refractivity contribution in [2.24, 2.45) is 0 Å². The highest BCUT2D eigenvalue weighted by atomic mass is 35.5. The van der Waals surface area contributed by atoms with Crippen molar-refractivity contribution in [1.82, 2.24) is 15.1 Å². The molecule has 4 heteroatoms. The minimum atomic E-state index is 0.758. The molecule has 1 heterocycles. The fourth-order valence-corrected chi connectivity index (χ4v) is 2.09. The average Bonchev–Trinajstić information content (AvgIpc) is 2.78. The standard InChI is InChI=1S/C14H18ClN3/c1-3-7-16-10-13-6-8-18(17-13)14-5-4-12(15)9-11(14)2/h4-6,8-9,16H,3,7,10H2,1-2H3. The second-order valence-corrected chi connectivity index (χ2v) is 4.80. The summed E-state index contributed by atoms with van der Waals surface area (Å²) >= 11 is 5.95. The second kappa shape index (κ2) is 6.03. The van der Waals surface area contributed by atoms with Crippen molar-refractivity contribution in [3.8, 4) is 5.69 Å². The van der Waals surface area contributed by atoms with Gasteiger partial charge in [0.2, 0.25) is 0 Å². The van der Waals surface area contributed by atoms with Gasteiger partial charge in [-0.1, -0.05) is 18.5 Å². The number of hydrogen-bond donors (Lipinski definition) is 1. The van der Waals surface area contributed by atoms with Crippen LogP contribution in [0, 0.1) is 6.92 Å². The molecular formula is C14H18ClN3. The topological polar surface area (TPSA) is 29.9 Å². The number of aromatic nitrogens is 2. The van der Waals surface area contributed by atoms with Crippen LogP contribution in [0.3, 0.4) is 0 Å². The first-order valence-corrected chi connectivity index (χ1v) is 6.60. The molecule has 2 aromatic rings. The monoisotopic (exact) mass is 263 g/mol. The number of halogens is 1. The van der Waals surface area contributed by atoms with Gasteiger partial charge in [-0.2, -0.15) is 5.10 Å². The molecule has 0 radical (unpaired) electrons. The van der Waals surface area contributed by atoms with Crippen LogP contribution in [0.4, 0.5) is 0 Å². The van der Waals surface area contributed by atoms with Crippen molar-refractivity contribution < 1.29 is 0 Å². The Morgan fingerprint density at radius 1 is 1.33 bits per heavy atom. The average molecular weight is 264 g/mol. The van der Waals surface area contributed by atoms with E-state index in [-0.39, 0.29) is 0 Å². The molecule has 0 aliphatic heterocycles. The summed E-state index contributed by atoms with van der Waals surface area (Å²) in [5.41, 5.74) is 3.25. The number of nitrogens with zero attached hydrogens (tertiary/aromatic N) is 2. The van der Waals surface area contributed by atoms with Crippen LogP contribution >= 0.6 is 11.6 Å². The predicted octanol–water partition coefficient (Wildman–Crippen LogP) is 3.33. The molecule has 0 fully saturated rings. The lowest BCUT2D eigenvalue weighted by Gasteiger charge is -2.06.